The van der Waals surface area contributed by atoms with Gasteiger partial charge in [-0.1, -0.05) is 0 Å². The lowest BCUT2D eigenvalue weighted by atomic mass is 9.92. The van der Waals surface area contributed by atoms with E-state index in [1.165, 1.54) is 6.42 Å². The Kier molecular flexibility index (Phi) is 7.33. The zero-order valence-electron chi connectivity index (χ0n) is 14.9. The predicted octanol–water partition coefficient (Wildman–Crippen LogP) is 1.90. The van der Waals surface area contributed by atoms with E-state index in [-0.39, 0.29) is 35.7 Å². The summed E-state index contributed by atoms with van der Waals surface area (Å²) in [4.78, 5) is 28.7. The molecule has 2 heterocycles. The Morgan fingerprint density at radius 2 is 1.87 bits per heavy atom. The van der Waals surface area contributed by atoms with Gasteiger partial charge in [-0.2, -0.15) is 0 Å². The molecule has 5 nitrogen and oxygen atoms in total. The van der Waals surface area contributed by atoms with Crippen LogP contribution >= 0.6 is 12.4 Å². The Hall–Kier alpha value is -0.810. The van der Waals surface area contributed by atoms with Crippen LogP contribution in [0.25, 0.3) is 0 Å². The molecule has 6 heteroatoms. The Labute approximate surface area is 146 Å². The Balaban J connectivity index is 0.00000264. The first-order chi connectivity index (χ1) is 10.3. The van der Waals surface area contributed by atoms with Crippen molar-refractivity contribution in [2.24, 2.45) is 11.8 Å². The van der Waals surface area contributed by atoms with Gasteiger partial charge in [-0.15, -0.1) is 12.4 Å². The van der Waals surface area contributed by atoms with Crippen LogP contribution in [0.5, 0.6) is 0 Å². The highest BCUT2D eigenvalue weighted by molar-refractivity contribution is 5.89. The van der Waals surface area contributed by atoms with Crippen molar-refractivity contribution < 1.29 is 9.59 Å². The molecule has 2 fully saturated rings. The minimum absolute atomic E-state index is 0. The first kappa shape index (κ1) is 20.2. The fourth-order valence-electron chi connectivity index (χ4n) is 3.57. The van der Waals surface area contributed by atoms with E-state index in [9.17, 15) is 9.59 Å². The maximum Gasteiger partial charge on any atom is 0.227 e. The lowest BCUT2D eigenvalue weighted by molar-refractivity contribution is -0.137. The number of amides is 2. The van der Waals surface area contributed by atoms with E-state index in [0.717, 1.165) is 38.4 Å². The van der Waals surface area contributed by atoms with Gasteiger partial charge < -0.3 is 15.1 Å². The molecule has 0 radical (unpaired) electrons. The van der Waals surface area contributed by atoms with E-state index in [2.05, 4.69) is 5.32 Å². The number of piperidine rings is 1. The van der Waals surface area contributed by atoms with Gasteiger partial charge in [0.15, 0.2) is 0 Å². The highest BCUT2D eigenvalue weighted by Crippen LogP contribution is 2.28. The molecule has 1 N–H and O–H groups in total. The normalized spacial score (nSPS) is 23.1. The Morgan fingerprint density at radius 3 is 2.35 bits per heavy atom. The largest absolute Gasteiger partial charge is 0.342 e. The fraction of sp³-hybridized carbons (Fsp3) is 0.882. The van der Waals surface area contributed by atoms with E-state index >= 15 is 0 Å². The lowest BCUT2D eigenvalue weighted by Crippen LogP contribution is -2.45. The molecule has 2 rings (SSSR count). The third-order valence-corrected chi connectivity index (χ3v) is 5.01. The Bertz CT molecular complexity index is 415. The molecule has 2 aliphatic rings. The van der Waals surface area contributed by atoms with Crippen molar-refractivity contribution in [2.75, 3.05) is 33.2 Å². The average Bonchev–Trinajstić information content (AvgIpc) is 2.87. The summed E-state index contributed by atoms with van der Waals surface area (Å²) in [6, 6.07) is 0. The second kappa shape index (κ2) is 8.34. The van der Waals surface area contributed by atoms with Crippen LogP contribution in [0.4, 0.5) is 0 Å². The first-order valence-corrected chi connectivity index (χ1v) is 8.56. The first-order valence-electron chi connectivity index (χ1n) is 8.56. The predicted molar refractivity (Wildman–Crippen MR) is 94.7 cm³/mol. The quantitative estimate of drug-likeness (QED) is 0.846. The second-order valence-corrected chi connectivity index (χ2v) is 7.74. The highest BCUT2D eigenvalue weighted by atomic mass is 35.5. The number of likely N-dealkylation sites (tertiary alicyclic amines) is 2. The Morgan fingerprint density at radius 1 is 1.26 bits per heavy atom. The van der Waals surface area contributed by atoms with Crippen molar-refractivity contribution in [1.29, 1.82) is 0 Å². The van der Waals surface area contributed by atoms with Gasteiger partial charge in [-0.05, 0) is 59.5 Å². The summed E-state index contributed by atoms with van der Waals surface area (Å²) in [5, 5.41) is 3.19. The van der Waals surface area contributed by atoms with Crippen molar-refractivity contribution in [3.8, 4) is 0 Å². The SMILES string of the molecule is CNCCC1CCN(C(=O)C2CC(=O)N(C(C)(C)C)C2)CC1.Cl. The zero-order valence-corrected chi connectivity index (χ0v) is 15.7. The van der Waals surface area contributed by atoms with Crippen LogP contribution in [0.2, 0.25) is 0 Å². The molecule has 0 aliphatic carbocycles. The maximum atomic E-state index is 12.7. The van der Waals surface area contributed by atoms with E-state index < -0.39 is 0 Å². The van der Waals surface area contributed by atoms with Crippen LogP contribution in [-0.4, -0.2) is 60.4 Å². The van der Waals surface area contributed by atoms with Crippen LogP contribution in [0.3, 0.4) is 0 Å². The van der Waals surface area contributed by atoms with E-state index in [4.69, 9.17) is 0 Å². The van der Waals surface area contributed by atoms with Gasteiger partial charge in [-0.3, -0.25) is 9.59 Å². The van der Waals surface area contributed by atoms with Crippen molar-refractivity contribution in [3.63, 3.8) is 0 Å². The van der Waals surface area contributed by atoms with Crippen LogP contribution in [0.1, 0.15) is 46.5 Å². The minimum atomic E-state index is -0.188. The van der Waals surface area contributed by atoms with E-state index in [0.29, 0.717) is 13.0 Å². The molecule has 2 aliphatic heterocycles. The van der Waals surface area contributed by atoms with Crippen molar-refractivity contribution in [3.05, 3.63) is 0 Å². The number of rotatable bonds is 4. The molecule has 0 saturated carbocycles. The minimum Gasteiger partial charge on any atom is -0.342 e. The van der Waals surface area contributed by atoms with Gasteiger partial charge in [0, 0.05) is 31.6 Å². The van der Waals surface area contributed by atoms with E-state index in [1.807, 2.05) is 37.6 Å². The molecule has 1 unspecified atom stereocenters. The fourth-order valence-corrected chi connectivity index (χ4v) is 3.57. The number of nitrogens with one attached hydrogen (secondary N) is 1. The van der Waals surface area contributed by atoms with Gasteiger partial charge in [0.05, 0.1) is 5.92 Å². The lowest BCUT2D eigenvalue weighted by Gasteiger charge is -2.34. The molecule has 2 amide bonds. The van der Waals surface area contributed by atoms with Crippen molar-refractivity contribution in [2.45, 2.75) is 52.0 Å². The van der Waals surface area contributed by atoms with Gasteiger partial charge in [0.25, 0.3) is 0 Å². The summed E-state index contributed by atoms with van der Waals surface area (Å²) in [6.07, 6.45) is 3.77. The van der Waals surface area contributed by atoms with Crippen LogP contribution in [0, 0.1) is 11.8 Å². The van der Waals surface area contributed by atoms with Crippen LogP contribution in [0.15, 0.2) is 0 Å². The molecule has 0 bridgehead atoms. The van der Waals surface area contributed by atoms with Gasteiger partial charge in [-0.25, -0.2) is 0 Å². The standard InChI is InChI=1S/C17H31N3O2.ClH/c1-17(2,3)20-12-14(11-15(20)21)16(22)19-9-6-13(7-10-19)5-8-18-4;/h13-14,18H,5-12H2,1-4H3;1H. The summed E-state index contributed by atoms with van der Waals surface area (Å²) in [7, 11) is 1.98. The van der Waals surface area contributed by atoms with Gasteiger partial charge in [0.2, 0.25) is 11.8 Å². The molecular formula is C17H32ClN3O2. The topological polar surface area (TPSA) is 52.7 Å². The molecule has 0 aromatic carbocycles. The number of nitrogens with zero attached hydrogens (tertiary/aromatic N) is 2. The summed E-state index contributed by atoms with van der Waals surface area (Å²) in [5.41, 5.74) is -0.188. The summed E-state index contributed by atoms with van der Waals surface area (Å²) in [5.74, 6) is 0.898. The number of carbonyl (C=O) groups is 2. The summed E-state index contributed by atoms with van der Waals surface area (Å²) >= 11 is 0. The zero-order chi connectivity index (χ0) is 16.3. The summed E-state index contributed by atoms with van der Waals surface area (Å²) < 4.78 is 0. The molecule has 134 valence electrons. The molecular weight excluding hydrogens is 314 g/mol. The number of halogens is 1. The molecule has 0 aromatic heterocycles. The molecule has 2 saturated heterocycles. The average molecular weight is 346 g/mol. The third kappa shape index (κ3) is 5.08. The number of hydrogen-bond acceptors (Lipinski definition) is 3. The monoisotopic (exact) mass is 345 g/mol. The van der Waals surface area contributed by atoms with Gasteiger partial charge in [0.1, 0.15) is 0 Å². The van der Waals surface area contributed by atoms with Crippen LogP contribution < -0.4 is 5.32 Å². The smallest absolute Gasteiger partial charge is 0.227 e. The highest BCUT2D eigenvalue weighted by Gasteiger charge is 2.41. The maximum absolute atomic E-state index is 12.7. The molecule has 1 atom stereocenters. The number of hydrogen-bond donors (Lipinski definition) is 1. The summed E-state index contributed by atoms with van der Waals surface area (Å²) in [6.45, 7) is 9.44. The molecule has 0 spiro atoms. The van der Waals surface area contributed by atoms with Crippen LogP contribution in [-0.2, 0) is 9.59 Å². The molecule has 23 heavy (non-hydrogen) atoms. The van der Waals surface area contributed by atoms with Crippen molar-refractivity contribution in [1.82, 2.24) is 15.1 Å². The second-order valence-electron chi connectivity index (χ2n) is 7.74. The molecule has 0 aromatic rings. The van der Waals surface area contributed by atoms with Crippen molar-refractivity contribution >= 4 is 24.2 Å². The number of carbonyl (C=O) groups excluding carboxylic acids is 2. The van der Waals surface area contributed by atoms with E-state index in [1.54, 1.807) is 0 Å². The third-order valence-electron chi connectivity index (χ3n) is 5.01. The van der Waals surface area contributed by atoms with Gasteiger partial charge >= 0.3 is 0 Å².